The van der Waals surface area contributed by atoms with Gasteiger partial charge in [0.25, 0.3) is 0 Å². The molecule has 0 aliphatic carbocycles. The van der Waals surface area contributed by atoms with Crippen LogP contribution in [-0.2, 0) is 13.0 Å². The molecule has 3 aromatic rings. The van der Waals surface area contributed by atoms with Crippen molar-refractivity contribution in [2.45, 2.75) is 26.3 Å². The topological polar surface area (TPSA) is 32.3 Å². The lowest BCUT2D eigenvalue weighted by molar-refractivity contribution is 0.126. The highest BCUT2D eigenvalue weighted by molar-refractivity contribution is 5.62. The van der Waals surface area contributed by atoms with E-state index in [-0.39, 0.29) is 0 Å². The molecule has 2 heterocycles. The van der Waals surface area contributed by atoms with E-state index in [0.29, 0.717) is 0 Å². The van der Waals surface area contributed by atoms with Crippen molar-refractivity contribution < 1.29 is 0 Å². The molecule has 0 atom stereocenters. The van der Waals surface area contributed by atoms with Crippen LogP contribution < -0.4 is 0 Å². The highest BCUT2D eigenvalue weighted by atomic mass is 15.3. The summed E-state index contributed by atoms with van der Waals surface area (Å²) in [5.41, 5.74) is 5.84. The Balaban J connectivity index is 1.21. The number of nitrogens with zero attached hydrogens (tertiary/aromatic N) is 4. The first-order valence-corrected chi connectivity index (χ1v) is 10.7. The summed E-state index contributed by atoms with van der Waals surface area (Å²) in [6.07, 6.45) is 2.13. The molecule has 0 spiro atoms. The van der Waals surface area contributed by atoms with Gasteiger partial charge in [-0.05, 0) is 43.5 Å². The van der Waals surface area contributed by atoms with E-state index in [1.807, 2.05) is 18.2 Å². The molecule has 0 bridgehead atoms. The fourth-order valence-electron chi connectivity index (χ4n) is 4.04. The van der Waals surface area contributed by atoms with E-state index in [2.05, 4.69) is 75.5 Å². The number of benzene rings is 2. The lowest BCUT2D eigenvalue weighted by atomic mass is 10.1. The summed E-state index contributed by atoms with van der Waals surface area (Å²) in [4.78, 5) is 5.14. The maximum absolute atomic E-state index is 4.49. The van der Waals surface area contributed by atoms with Crippen molar-refractivity contribution >= 4 is 0 Å². The monoisotopic (exact) mass is 386 g/mol. The second-order valence-electron chi connectivity index (χ2n) is 7.94. The van der Waals surface area contributed by atoms with Gasteiger partial charge in [-0.1, -0.05) is 60.7 Å². The molecule has 4 rings (SSSR count). The number of hydrogen-bond acceptors (Lipinski definition) is 4. The first kappa shape index (κ1) is 19.7. The van der Waals surface area contributed by atoms with Gasteiger partial charge in [-0.3, -0.25) is 4.90 Å². The minimum atomic E-state index is 0.990. The van der Waals surface area contributed by atoms with Crippen LogP contribution in [-0.4, -0.2) is 52.7 Å². The second kappa shape index (κ2) is 9.77. The number of rotatable bonds is 7. The van der Waals surface area contributed by atoms with Crippen LogP contribution in [0.3, 0.4) is 0 Å². The van der Waals surface area contributed by atoms with Crippen molar-refractivity contribution in [3.8, 4) is 11.3 Å². The Kier molecular flexibility index (Phi) is 6.65. The van der Waals surface area contributed by atoms with Crippen molar-refractivity contribution in [3.05, 3.63) is 83.6 Å². The van der Waals surface area contributed by atoms with Crippen LogP contribution in [0.4, 0.5) is 0 Å². The number of aryl methyl sites for hydroxylation is 2. The molecule has 4 heteroatoms. The van der Waals surface area contributed by atoms with Gasteiger partial charge in [-0.25, -0.2) is 0 Å². The summed E-state index contributed by atoms with van der Waals surface area (Å²) in [6, 6.07) is 23.3. The molecule has 1 fully saturated rings. The maximum Gasteiger partial charge on any atom is 0.0958 e. The molecule has 150 valence electrons. The van der Waals surface area contributed by atoms with E-state index in [4.69, 9.17) is 0 Å². The normalized spacial score (nSPS) is 15.5. The van der Waals surface area contributed by atoms with Gasteiger partial charge >= 0.3 is 0 Å². The number of hydrogen-bond donors (Lipinski definition) is 0. The predicted octanol–water partition coefficient (Wildman–Crippen LogP) is 4.20. The first-order valence-electron chi connectivity index (χ1n) is 10.7. The Morgan fingerprint density at radius 1 is 0.793 bits per heavy atom. The van der Waals surface area contributed by atoms with Crippen molar-refractivity contribution in [1.29, 1.82) is 0 Å². The lowest BCUT2D eigenvalue weighted by Gasteiger charge is -2.34. The standard InChI is InChI=1S/C25H30N4/c1-21-19-24(26-27-25(21)23-11-6-3-7-12-23)13-8-14-28-15-17-29(18-16-28)20-22-9-4-2-5-10-22/h2-7,9-12,19H,8,13-18,20H2,1H3. The Bertz CT molecular complexity index is 887. The largest absolute Gasteiger partial charge is 0.301 e. The number of aromatic nitrogens is 2. The van der Waals surface area contributed by atoms with Gasteiger partial charge in [0.05, 0.1) is 11.4 Å². The maximum atomic E-state index is 4.49. The highest BCUT2D eigenvalue weighted by Crippen LogP contribution is 2.20. The van der Waals surface area contributed by atoms with E-state index in [1.165, 1.54) is 11.1 Å². The predicted molar refractivity (Wildman–Crippen MR) is 119 cm³/mol. The van der Waals surface area contributed by atoms with Gasteiger partial charge < -0.3 is 4.90 Å². The van der Waals surface area contributed by atoms with E-state index in [9.17, 15) is 0 Å². The molecule has 0 N–H and O–H groups in total. The quantitative estimate of drug-likeness (QED) is 0.609. The Morgan fingerprint density at radius 2 is 1.45 bits per heavy atom. The third kappa shape index (κ3) is 5.49. The van der Waals surface area contributed by atoms with E-state index >= 15 is 0 Å². The van der Waals surface area contributed by atoms with Crippen LogP contribution in [0.1, 0.15) is 23.2 Å². The zero-order valence-electron chi connectivity index (χ0n) is 17.3. The molecule has 0 radical (unpaired) electrons. The van der Waals surface area contributed by atoms with Crippen molar-refractivity contribution in [2.75, 3.05) is 32.7 Å². The van der Waals surface area contributed by atoms with Crippen LogP contribution >= 0.6 is 0 Å². The smallest absolute Gasteiger partial charge is 0.0958 e. The van der Waals surface area contributed by atoms with Crippen LogP contribution in [0.15, 0.2) is 66.7 Å². The van der Waals surface area contributed by atoms with Crippen LogP contribution in [0.5, 0.6) is 0 Å². The molecule has 0 saturated carbocycles. The van der Waals surface area contributed by atoms with Gasteiger partial charge in [0, 0.05) is 38.3 Å². The van der Waals surface area contributed by atoms with Crippen LogP contribution in [0.25, 0.3) is 11.3 Å². The Labute approximate surface area is 174 Å². The second-order valence-corrected chi connectivity index (χ2v) is 7.94. The van der Waals surface area contributed by atoms with E-state index in [0.717, 1.165) is 69.1 Å². The average Bonchev–Trinajstić information content (AvgIpc) is 2.76. The molecule has 0 amide bonds. The average molecular weight is 387 g/mol. The van der Waals surface area contributed by atoms with Gasteiger partial charge in [-0.15, -0.1) is 5.10 Å². The first-order chi connectivity index (χ1) is 14.3. The molecule has 2 aromatic carbocycles. The Morgan fingerprint density at radius 3 is 2.14 bits per heavy atom. The summed E-state index contributed by atoms with van der Waals surface area (Å²) in [6.45, 7) is 8.96. The molecule has 1 saturated heterocycles. The van der Waals surface area contributed by atoms with Gasteiger partial charge in [0.15, 0.2) is 0 Å². The van der Waals surface area contributed by atoms with E-state index < -0.39 is 0 Å². The van der Waals surface area contributed by atoms with Crippen molar-refractivity contribution in [3.63, 3.8) is 0 Å². The molecule has 1 aliphatic rings. The third-order valence-corrected chi connectivity index (χ3v) is 5.70. The summed E-state index contributed by atoms with van der Waals surface area (Å²) in [7, 11) is 0. The minimum Gasteiger partial charge on any atom is -0.301 e. The molecule has 1 aliphatic heterocycles. The molecule has 4 nitrogen and oxygen atoms in total. The zero-order chi connectivity index (χ0) is 19.9. The van der Waals surface area contributed by atoms with Crippen LogP contribution in [0, 0.1) is 6.92 Å². The molecule has 29 heavy (non-hydrogen) atoms. The van der Waals surface area contributed by atoms with Crippen molar-refractivity contribution in [2.24, 2.45) is 0 Å². The summed E-state index contributed by atoms with van der Waals surface area (Å²) in [5.74, 6) is 0. The fraction of sp³-hybridized carbons (Fsp3) is 0.360. The lowest BCUT2D eigenvalue weighted by Crippen LogP contribution is -2.46. The SMILES string of the molecule is Cc1cc(CCCN2CCN(Cc3ccccc3)CC2)nnc1-c1ccccc1. The highest BCUT2D eigenvalue weighted by Gasteiger charge is 2.16. The van der Waals surface area contributed by atoms with Crippen molar-refractivity contribution in [1.82, 2.24) is 20.0 Å². The molecule has 1 aromatic heterocycles. The summed E-state index contributed by atoms with van der Waals surface area (Å²) >= 11 is 0. The Hall–Kier alpha value is -2.56. The molecule has 0 unspecified atom stereocenters. The van der Waals surface area contributed by atoms with Crippen LogP contribution in [0.2, 0.25) is 0 Å². The zero-order valence-corrected chi connectivity index (χ0v) is 17.3. The summed E-state index contributed by atoms with van der Waals surface area (Å²) < 4.78 is 0. The third-order valence-electron chi connectivity index (χ3n) is 5.70. The molecular formula is C25H30N4. The summed E-state index contributed by atoms with van der Waals surface area (Å²) in [5, 5.41) is 8.97. The minimum absolute atomic E-state index is 0.990. The molecular weight excluding hydrogens is 356 g/mol. The number of piperazine rings is 1. The van der Waals surface area contributed by atoms with E-state index in [1.54, 1.807) is 0 Å². The van der Waals surface area contributed by atoms with Gasteiger partial charge in [0.1, 0.15) is 0 Å². The van der Waals surface area contributed by atoms with Gasteiger partial charge in [-0.2, -0.15) is 5.10 Å². The van der Waals surface area contributed by atoms with Gasteiger partial charge in [0.2, 0.25) is 0 Å². The fourth-order valence-corrected chi connectivity index (χ4v) is 4.04.